The topological polar surface area (TPSA) is 46.3 Å². The molecule has 0 saturated carbocycles. The Hall–Kier alpha value is -1.39. The summed E-state index contributed by atoms with van der Waals surface area (Å²) in [6.45, 7) is 3.60. The van der Waals surface area contributed by atoms with Crippen molar-refractivity contribution >= 4 is 27.3 Å². The molecule has 1 fully saturated rings. The molecule has 3 nitrogen and oxygen atoms in total. The van der Waals surface area contributed by atoms with Gasteiger partial charge in [0.05, 0.1) is 5.56 Å². The van der Waals surface area contributed by atoms with Gasteiger partial charge in [-0.15, -0.1) is 11.3 Å². The maximum Gasteiger partial charge on any atom is 0.255 e. The molecule has 0 radical (unpaired) electrons. The first kappa shape index (κ1) is 13.6. The molecule has 106 valence electrons. The van der Waals surface area contributed by atoms with Crippen LogP contribution in [-0.2, 0) is 0 Å². The van der Waals surface area contributed by atoms with Crippen molar-refractivity contribution in [3.8, 4) is 0 Å². The molecule has 2 atom stereocenters. The van der Waals surface area contributed by atoms with Crippen LogP contribution in [0.1, 0.15) is 30.1 Å². The summed E-state index contributed by atoms with van der Waals surface area (Å²) in [5, 5.41) is 3.07. The second-order valence-corrected chi connectivity index (χ2v) is 6.54. The van der Waals surface area contributed by atoms with Crippen LogP contribution < -0.4 is 5.73 Å². The average Bonchev–Trinajstić information content (AvgIpc) is 2.91. The standard InChI is InChI=1S/C16H20N2OS/c1-11-6-7-12(8-17)9-18(11)16(19)14-10-20-15-5-3-2-4-13(14)15/h2-5,10-12H,6-9,17H2,1H3. The Bertz CT molecular complexity index is 622. The lowest BCUT2D eigenvalue weighted by Crippen LogP contribution is -2.47. The summed E-state index contributed by atoms with van der Waals surface area (Å²) in [6.07, 6.45) is 2.18. The zero-order valence-electron chi connectivity index (χ0n) is 11.7. The third kappa shape index (κ3) is 2.34. The number of nitrogens with zero attached hydrogens (tertiary/aromatic N) is 1. The Morgan fingerprint density at radius 3 is 3.00 bits per heavy atom. The molecule has 2 N–H and O–H groups in total. The van der Waals surface area contributed by atoms with Gasteiger partial charge < -0.3 is 10.6 Å². The predicted octanol–water partition coefficient (Wildman–Crippen LogP) is 3.10. The van der Waals surface area contributed by atoms with Gasteiger partial charge in [-0.05, 0) is 38.3 Å². The minimum Gasteiger partial charge on any atom is -0.336 e. The number of likely N-dealkylation sites (tertiary alicyclic amines) is 1. The molecular weight excluding hydrogens is 268 g/mol. The van der Waals surface area contributed by atoms with Crippen LogP contribution in [0.5, 0.6) is 0 Å². The highest BCUT2D eigenvalue weighted by Gasteiger charge is 2.29. The second-order valence-electron chi connectivity index (χ2n) is 5.63. The minimum absolute atomic E-state index is 0.160. The fourth-order valence-corrected chi connectivity index (χ4v) is 3.89. The molecule has 4 heteroatoms. The summed E-state index contributed by atoms with van der Waals surface area (Å²) in [5.74, 6) is 0.605. The molecule has 1 aliphatic rings. The molecule has 1 aliphatic heterocycles. The van der Waals surface area contributed by atoms with Crippen molar-refractivity contribution < 1.29 is 4.79 Å². The molecule has 2 heterocycles. The van der Waals surface area contributed by atoms with Crippen LogP contribution in [0.2, 0.25) is 0 Å². The van der Waals surface area contributed by atoms with Gasteiger partial charge in [0.1, 0.15) is 0 Å². The van der Waals surface area contributed by atoms with E-state index in [1.165, 1.54) is 4.70 Å². The quantitative estimate of drug-likeness (QED) is 0.923. The highest BCUT2D eigenvalue weighted by Crippen LogP contribution is 2.29. The van der Waals surface area contributed by atoms with E-state index in [0.717, 1.165) is 30.3 Å². The minimum atomic E-state index is 0.160. The highest BCUT2D eigenvalue weighted by atomic mass is 32.1. The number of benzene rings is 1. The number of rotatable bonds is 2. The second kappa shape index (κ2) is 5.54. The van der Waals surface area contributed by atoms with Crippen molar-refractivity contribution in [1.29, 1.82) is 0 Å². The van der Waals surface area contributed by atoms with Crippen LogP contribution in [0.3, 0.4) is 0 Å². The van der Waals surface area contributed by atoms with Crippen LogP contribution in [0.4, 0.5) is 0 Å². The lowest BCUT2D eigenvalue weighted by Gasteiger charge is -2.37. The fraction of sp³-hybridized carbons (Fsp3) is 0.438. The molecule has 3 rings (SSSR count). The first-order valence-corrected chi connectivity index (χ1v) is 8.06. The van der Waals surface area contributed by atoms with Crippen molar-refractivity contribution in [3.05, 3.63) is 35.2 Å². The fourth-order valence-electron chi connectivity index (χ4n) is 2.96. The van der Waals surface area contributed by atoms with E-state index >= 15 is 0 Å². The van der Waals surface area contributed by atoms with Gasteiger partial charge in [0.25, 0.3) is 5.91 Å². The molecule has 0 spiro atoms. The van der Waals surface area contributed by atoms with Gasteiger partial charge in [0.15, 0.2) is 0 Å². The maximum absolute atomic E-state index is 12.8. The number of nitrogens with two attached hydrogens (primary N) is 1. The number of fused-ring (bicyclic) bond motifs is 1. The van der Waals surface area contributed by atoms with Gasteiger partial charge >= 0.3 is 0 Å². The largest absolute Gasteiger partial charge is 0.336 e. The summed E-state index contributed by atoms with van der Waals surface area (Å²) >= 11 is 1.64. The van der Waals surface area contributed by atoms with Crippen molar-refractivity contribution in [2.45, 2.75) is 25.8 Å². The van der Waals surface area contributed by atoms with Gasteiger partial charge in [-0.2, -0.15) is 0 Å². The third-order valence-electron chi connectivity index (χ3n) is 4.29. The van der Waals surface area contributed by atoms with E-state index in [-0.39, 0.29) is 5.91 Å². The molecule has 2 unspecified atom stereocenters. The van der Waals surface area contributed by atoms with E-state index in [9.17, 15) is 4.79 Å². The summed E-state index contributed by atoms with van der Waals surface area (Å²) in [7, 11) is 0. The van der Waals surface area contributed by atoms with E-state index in [4.69, 9.17) is 5.73 Å². The maximum atomic E-state index is 12.8. The predicted molar refractivity (Wildman–Crippen MR) is 84.1 cm³/mol. The van der Waals surface area contributed by atoms with E-state index < -0.39 is 0 Å². The molecule has 1 amide bonds. The Labute approximate surface area is 123 Å². The van der Waals surface area contributed by atoms with E-state index in [1.54, 1.807) is 11.3 Å². The number of amides is 1. The molecule has 1 aromatic carbocycles. The monoisotopic (exact) mass is 288 g/mol. The Balaban J connectivity index is 1.91. The molecule has 2 aromatic rings. The number of hydrogen-bond acceptors (Lipinski definition) is 3. The van der Waals surface area contributed by atoms with Crippen LogP contribution in [-0.4, -0.2) is 29.9 Å². The van der Waals surface area contributed by atoms with E-state index in [1.807, 2.05) is 28.5 Å². The van der Waals surface area contributed by atoms with Gasteiger partial charge in [-0.1, -0.05) is 18.2 Å². The van der Waals surface area contributed by atoms with Crippen molar-refractivity contribution in [3.63, 3.8) is 0 Å². The Morgan fingerprint density at radius 1 is 1.40 bits per heavy atom. The lowest BCUT2D eigenvalue weighted by molar-refractivity contribution is 0.0569. The van der Waals surface area contributed by atoms with Crippen molar-refractivity contribution in [1.82, 2.24) is 4.90 Å². The molecule has 1 aromatic heterocycles. The van der Waals surface area contributed by atoms with Gasteiger partial charge in [-0.25, -0.2) is 0 Å². The molecule has 1 saturated heterocycles. The third-order valence-corrected chi connectivity index (χ3v) is 5.25. The van der Waals surface area contributed by atoms with Crippen LogP contribution in [0, 0.1) is 5.92 Å². The molecular formula is C16H20N2OS. The van der Waals surface area contributed by atoms with Crippen LogP contribution in [0.15, 0.2) is 29.6 Å². The number of carbonyl (C=O) groups is 1. The van der Waals surface area contributed by atoms with Crippen LogP contribution >= 0.6 is 11.3 Å². The molecule has 0 bridgehead atoms. The van der Waals surface area contributed by atoms with E-state index in [0.29, 0.717) is 18.5 Å². The summed E-state index contributed by atoms with van der Waals surface area (Å²) in [6, 6.07) is 8.42. The van der Waals surface area contributed by atoms with Gasteiger partial charge in [0.2, 0.25) is 0 Å². The number of piperidine rings is 1. The molecule has 20 heavy (non-hydrogen) atoms. The normalized spacial score (nSPS) is 23.2. The van der Waals surface area contributed by atoms with Crippen molar-refractivity contribution in [2.75, 3.05) is 13.1 Å². The first-order chi connectivity index (χ1) is 9.70. The summed E-state index contributed by atoms with van der Waals surface area (Å²) < 4.78 is 1.18. The molecule has 0 aliphatic carbocycles. The zero-order valence-corrected chi connectivity index (χ0v) is 12.5. The number of carbonyl (C=O) groups excluding carboxylic acids is 1. The highest BCUT2D eigenvalue weighted by molar-refractivity contribution is 7.17. The lowest BCUT2D eigenvalue weighted by atomic mass is 9.93. The first-order valence-electron chi connectivity index (χ1n) is 7.18. The summed E-state index contributed by atoms with van der Waals surface area (Å²) in [5.41, 5.74) is 6.63. The van der Waals surface area contributed by atoms with Gasteiger partial charge in [-0.3, -0.25) is 4.79 Å². The summed E-state index contributed by atoms with van der Waals surface area (Å²) in [4.78, 5) is 14.8. The van der Waals surface area contributed by atoms with Crippen molar-refractivity contribution in [2.24, 2.45) is 11.7 Å². The Morgan fingerprint density at radius 2 is 2.20 bits per heavy atom. The van der Waals surface area contributed by atoms with E-state index in [2.05, 4.69) is 13.0 Å². The average molecular weight is 288 g/mol. The van der Waals surface area contributed by atoms with Crippen LogP contribution in [0.25, 0.3) is 10.1 Å². The number of thiophene rings is 1. The Kier molecular flexibility index (Phi) is 3.76. The number of hydrogen-bond donors (Lipinski definition) is 1. The zero-order chi connectivity index (χ0) is 14.1. The smallest absolute Gasteiger partial charge is 0.255 e. The van der Waals surface area contributed by atoms with Gasteiger partial charge in [0, 0.05) is 28.1 Å². The SMILES string of the molecule is CC1CCC(CN)CN1C(=O)c1csc2ccccc12.